The number of carbonyl (C=O) groups is 1. The molecule has 0 spiro atoms. The predicted molar refractivity (Wildman–Crippen MR) is 136 cm³/mol. The Bertz CT molecular complexity index is 1420. The fourth-order valence-electron chi connectivity index (χ4n) is 3.16. The van der Waals surface area contributed by atoms with Crippen molar-refractivity contribution in [1.29, 1.82) is 0 Å². The maximum Gasteiger partial charge on any atom is 0.271 e. The second kappa shape index (κ2) is 10.3. The minimum Gasteiger partial charge on any atom is -0.280 e. The highest BCUT2D eigenvalue weighted by molar-refractivity contribution is 7.92. The lowest BCUT2D eigenvalue weighted by Gasteiger charge is -2.09. The van der Waals surface area contributed by atoms with E-state index in [-0.39, 0.29) is 10.5 Å². The first kappa shape index (κ1) is 23.2. The number of amides is 1. The molecule has 4 aromatic carbocycles. The zero-order valence-corrected chi connectivity index (χ0v) is 19.4. The molecule has 0 radical (unpaired) electrons. The van der Waals surface area contributed by atoms with Gasteiger partial charge < -0.3 is 0 Å². The first-order valence-corrected chi connectivity index (χ1v) is 12.1. The molecule has 4 aromatic rings. The molecule has 8 heteroatoms. The number of hydrogen-bond acceptors (Lipinski definition) is 4. The van der Waals surface area contributed by atoms with Crippen LogP contribution in [-0.4, -0.2) is 20.5 Å². The van der Waals surface area contributed by atoms with E-state index in [1.807, 2.05) is 54.6 Å². The summed E-state index contributed by atoms with van der Waals surface area (Å²) < 4.78 is 27.8. The van der Waals surface area contributed by atoms with Crippen molar-refractivity contribution in [3.05, 3.63) is 119 Å². The number of benzene rings is 4. The van der Waals surface area contributed by atoms with Gasteiger partial charge in [-0.3, -0.25) is 9.52 Å². The van der Waals surface area contributed by atoms with Crippen LogP contribution in [-0.2, 0) is 10.0 Å². The van der Waals surface area contributed by atoms with E-state index in [0.717, 1.165) is 16.7 Å². The number of carbonyl (C=O) groups excluding carboxylic acids is 1. The van der Waals surface area contributed by atoms with Crippen LogP contribution in [0.5, 0.6) is 0 Å². The van der Waals surface area contributed by atoms with Gasteiger partial charge in [-0.1, -0.05) is 72.3 Å². The largest absolute Gasteiger partial charge is 0.280 e. The zero-order valence-electron chi connectivity index (χ0n) is 17.9. The van der Waals surface area contributed by atoms with Gasteiger partial charge in [0.25, 0.3) is 15.9 Å². The van der Waals surface area contributed by atoms with E-state index in [9.17, 15) is 13.2 Å². The fraction of sp³-hybridized carbons (Fsp3) is 0. The third-order valence-corrected chi connectivity index (χ3v) is 6.53. The Labute approximate surface area is 203 Å². The summed E-state index contributed by atoms with van der Waals surface area (Å²) in [7, 11) is -3.88. The average molecular weight is 490 g/mol. The minimum absolute atomic E-state index is 0.0458. The number of anilines is 1. The van der Waals surface area contributed by atoms with Gasteiger partial charge in [0, 0.05) is 16.3 Å². The Hall–Kier alpha value is -3.94. The standard InChI is InChI=1S/C26H20ClN3O3S/c27-23-13-15-24(16-14-23)30-34(32,33)25-8-4-7-22(17-25)26(31)29-28-18-19-9-11-21(12-10-19)20-5-2-1-3-6-20/h1-18,30H,(H,29,31)/b28-18-. The van der Waals surface area contributed by atoms with Crippen molar-refractivity contribution in [2.45, 2.75) is 4.90 Å². The maximum atomic E-state index is 12.7. The van der Waals surface area contributed by atoms with E-state index >= 15 is 0 Å². The number of hydrazone groups is 1. The lowest BCUT2D eigenvalue weighted by atomic mass is 10.0. The van der Waals surface area contributed by atoms with Gasteiger partial charge in [0.1, 0.15) is 0 Å². The van der Waals surface area contributed by atoms with Crippen LogP contribution in [0.15, 0.2) is 113 Å². The highest BCUT2D eigenvalue weighted by atomic mass is 35.5. The molecule has 6 nitrogen and oxygen atoms in total. The van der Waals surface area contributed by atoms with Crippen molar-refractivity contribution in [2.24, 2.45) is 5.10 Å². The van der Waals surface area contributed by atoms with Crippen LogP contribution in [0.4, 0.5) is 5.69 Å². The summed E-state index contributed by atoms with van der Waals surface area (Å²) in [6, 6.07) is 29.7. The number of halogens is 1. The number of nitrogens with zero attached hydrogens (tertiary/aromatic N) is 1. The summed E-state index contributed by atoms with van der Waals surface area (Å²) in [5, 5.41) is 4.48. The first-order chi connectivity index (χ1) is 16.4. The van der Waals surface area contributed by atoms with Gasteiger partial charge >= 0.3 is 0 Å². The summed E-state index contributed by atoms with van der Waals surface area (Å²) in [5.41, 5.74) is 5.95. The molecular weight excluding hydrogens is 470 g/mol. The molecule has 0 saturated carbocycles. The fourth-order valence-corrected chi connectivity index (χ4v) is 4.39. The second-order valence-corrected chi connectivity index (χ2v) is 9.45. The average Bonchev–Trinajstić information content (AvgIpc) is 2.86. The highest BCUT2D eigenvalue weighted by Crippen LogP contribution is 2.20. The maximum absolute atomic E-state index is 12.7. The molecule has 4 rings (SSSR count). The van der Waals surface area contributed by atoms with Crippen LogP contribution in [0.25, 0.3) is 11.1 Å². The molecule has 0 saturated heterocycles. The van der Waals surface area contributed by atoms with Crippen LogP contribution in [0.1, 0.15) is 15.9 Å². The Kier molecular flexibility index (Phi) is 7.06. The van der Waals surface area contributed by atoms with Gasteiger partial charge in [0.15, 0.2) is 0 Å². The molecule has 1 amide bonds. The molecule has 0 fully saturated rings. The van der Waals surface area contributed by atoms with Crippen LogP contribution >= 0.6 is 11.6 Å². The third kappa shape index (κ3) is 5.89. The number of rotatable bonds is 7. The van der Waals surface area contributed by atoms with Gasteiger partial charge in [-0.05, 0) is 59.2 Å². The van der Waals surface area contributed by atoms with Gasteiger partial charge in [0.05, 0.1) is 11.1 Å². The third-order valence-electron chi connectivity index (χ3n) is 4.90. The van der Waals surface area contributed by atoms with Crippen LogP contribution in [0, 0.1) is 0 Å². The monoisotopic (exact) mass is 489 g/mol. The molecule has 0 bridgehead atoms. The smallest absolute Gasteiger partial charge is 0.271 e. The normalized spacial score (nSPS) is 11.3. The van der Waals surface area contributed by atoms with E-state index in [4.69, 9.17) is 11.6 Å². The molecule has 0 aliphatic rings. The van der Waals surface area contributed by atoms with Crippen molar-refractivity contribution in [3.63, 3.8) is 0 Å². The van der Waals surface area contributed by atoms with Crippen molar-refractivity contribution >= 4 is 39.4 Å². The highest BCUT2D eigenvalue weighted by Gasteiger charge is 2.16. The van der Waals surface area contributed by atoms with Crippen LogP contribution < -0.4 is 10.1 Å². The second-order valence-electron chi connectivity index (χ2n) is 7.33. The molecule has 0 unspecified atom stereocenters. The van der Waals surface area contributed by atoms with E-state index in [2.05, 4.69) is 15.2 Å². The van der Waals surface area contributed by atoms with Gasteiger partial charge in [-0.2, -0.15) is 5.10 Å². The summed E-state index contributed by atoms with van der Waals surface area (Å²) in [6.07, 6.45) is 1.52. The SMILES string of the molecule is O=C(N/N=C\c1ccc(-c2ccccc2)cc1)c1cccc(S(=O)(=O)Nc2ccc(Cl)cc2)c1. The minimum atomic E-state index is -3.88. The predicted octanol–water partition coefficient (Wildman–Crippen LogP) is 5.57. The van der Waals surface area contributed by atoms with E-state index in [1.54, 1.807) is 24.3 Å². The molecule has 0 aromatic heterocycles. The molecule has 0 heterocycles. The van der Waals surface area contributed by atoms with Gasteiger partial charge in [-0.25, -0.2) is 13.8 Å². The summed E-state index contributed by atoms with van der Waals surface area (Å²) >= 11 is 5.84. The number of nitrogens with one attached hydrogen (secondary N) is 2. The molecule has 0 aliphatic carbocycles. The molecule has 170 valence electrons. The van der Waals surface area contributed by atoms with E-state index in [0.29, 0.717) is 10.7 Å². The van der Waals surface area contributed by atoms with Crippen LogP contribution in [0.3, 0.4) is 0 Å². The van der Waals surface area contributed by atoms with Crippen molar-refractivity contribution in [1.82, 2.24) is 5.43 Å². The number of hydrogen-bond donors (Lipinski definition) is 2. The van der Waals surface area contributed by atoms with Crippen molar-refractivity contribution in [2.75, 3.05) is 4.72 Å². The lowest BCUT2D eigenvalue weighted by molar-refractivity contribution is 0.0955. The van der Waals surface area contributed by atoms with Crippen LogP contribution in [0.2, 0.25) is 5.02 Å². The molecule has 2 N–H and O–H groups in total. The molecule has 0 atom stereocenters. The van der Waals surface area contributed by atoms with Gasteiger partial charge in [-0.15, -0.1) is 0 Å². The molecule has 0 aliphatic heterocycles. The Morgan fingerprint density at radius 3 is 2.18 bits per heavy atom. The Morgan fingerprint density at radius 1 is 0.794 bits per heavy atom. The molecule has 34 heavy (non-hydrogen) atoms. The first-order valence-electron chi connectivity index (χ1n) is 10.3. The summed E-state index contributed by atoms with van der Waals surface area (Å²) in [5.74, 6) is -0.527. The summed E-state index contributed by atoms with van der Waals surface area (Å²) in [4.78, 5) is 12.4. The van der Waals surface area contributed by atoms with E-state index in [1.165, 1.54) is 30.5 Å². The van der Waals surface area contributed by atoms with Gasteiger partial charge in [0.2, 0.25) is 0 Å². The van der Waals surface area contributed by atoms with Crippen molar-refractivity contribution < 1.29 is 13.2 Å². The molecular formula is C26H20ClN3O3S. The lowest BCUT2D eigenvalue weighted by Crippen LogP contribution is -2.19. The topological polar surface area (TPSA) is 87.6 Å². The quantitative estimate of drug-likeness (QED) is 0.263. The van der Waals surface area contributed by atoms with Crippen molar-refractivity contribution in [3.8, 4) is 11.1 Å². The Morgan fingerprint density at radius 2 is 1.47 bits per heavy atom. The number of sulfonamides is 1. The van der Waals surface area contributed by atoms with E-state index < -0.39 is 15.9 Å². The zero-order chi connectivity index (χ0) is 24.0. The Balaban J connectivity index is 1.41. The summed E-state index contributed by atoms with van der Waals surface area (Å²) in [6.45, 7) is 0.